The first kappa shape index (κ1) is 7.04. The summed E-state index contributed by atoms with van der Waals surface area (Å²) in [5, 5.41) is 1.78. The van der Waals surface area contributed by atoms with Gasteiger partial charge in [-0.2, -0.15) is 5.53 Å². The number of anilines is 1. The van der Waals surface area contributed by atoms with Crippen molar-refractivity contribution in [2.24, 2.45) is 0 Å². The highest BCUT2D eigenvalue weighted by molar-refractivity contribution is 5.19. The van der Waals surface area contributed by atoms with Crippen LogP contribution < -0.4 is 11.0 Å². The third-order valence-electron chi connectivity index (χ3n) is 0.896. The molecule has 0 unspecified atom stereocenters. The average molecular weight is 141 g/mol. The molecular formula is C5H11N5. The molecule has 0 radical (unpaired) electrons. The van der Waals surface area contributed by atoms with E-state index in [-0.39, 0.29) is 0 Å². The lowest BCUT2D eigenvalue weighted by molar-refractivity contribution is 0.319. The van der Waals surface area contributed by atoms with Crippen molar-refractivity contribution < 1.29 is 0 Å². The molecule has 0 spiro atoms. The van der Waals surface area contributed by atoms with Crippen LogP contribution in [0.15, 0.2) is 12.4 Å². The van der Waals surface area contributed by atoms with Gasteiger partial charge in [-0.3, -0.25) is 5.43 Å². The van der Waals surface area contributed by atoms with Crippen molar-refractivity contribution in [1.82, 2.24) is 20.5 Å². The Labute approximate surface area is 59.4 Å². The maximum absolute atomic E-state index is 3.93. The summed E-state index contributed by atoms with van der Waals surface area (Å²) in [4.78, 5) is 6.81. The number of aromatic amines is 1. The van der Waals surface area contributed by atoms with Gasteiger partial charge in [0.15, 0.2) is 0 Å². The van der Waals surface area contributed by atoms with E-state index in [1.807, 2.05) is 14.1 Å². The molecule has 0 aliphatic heterocycles. The molecule has 0 aliphatic carbocycles. The van der Waals surface area contributed by atoms with Gasteiger partial charge in [0.2, 0.25) is 5.95 Å². The van der Waals surface area contributed by atoms with Crippen LogP contribution in [0.4, 0.5) is 5.95 Å². The first-order valence-corrected chi connectivity index (χ1v) is 2.97. The van der Waals surface area contributed by atoms with Crippen molar-refractivity contribution in [1.29, 1.82) is 0 Å². The molecule has 0 aromatic carbocycles. The summed E-state index contributed by atoms with van der Waals surface area (Å²) in [6, 6.07) is 0. The predicted molar refractivity (Wildman–Crippen MR) is 39.0 cm³/mol. The smallest absolute Gasteiger partial charge is 0.215 e. The molecule has 56 valence electrons. The van der Waals surface area contributed by atoms with Crippen molar-refractivity contribution >= 4 is 5.95 Å². The van der Waals surface area contributed by atoms with Crippen LogP contribution in [0.5, 0.6) is 0 Å². The molecule has 3 N–H and O–H groups in total. The number of aromatic nitrogens is 2. The minimum atomic E-state index is 0.703. The molecule has 1 rings (SSSR count). The van der Waals surface area contributed by atoms with Crippen LogP contribution in [-0.4, -0.2) is 29.1 Å². The summed E-state index contributed by atoms with van der Waals surface area (Å²) >= 11 is 0. The zero-order valence-electron chi connectivity index (χ0n) is 6.05. The number of nitrogens with one attached hydrogen (secondary N) is 3. The van der Waals surface area contributed by atoms with Gasteiger partial charge in [-0.05, 0) is 0 Å². The predicted octanol–water partition coefficient (Wildman–Crippen LogP) is -0.197. The highest BCUT2D eigenvalue weighted by Gasteiger charge is 1.89. The summed E-state index contributed by atoms with van der Waals surface area (Å²) in [5.41, 5.74) is 5.67. The molecule has 0 aliphatic rings. The molecule has 1 heterocycles. The largest absolute Gasteiger partial charge is 0.330 e. The molecule has 5 heteroatoms. The molecule has 1 aromatic heterocycles. The van der Waals surface area contributed by atoms with Crippen LogP contribution in [0, 0.1) is 0 Å². The number of hydrogen-bond donors (Lipinski definition) is 3. The Morgan fingerprint density at radius 1 is 1.60 bits per heavy atom. The normalized spacial score (nSPS) is 10.3. The summed E-state index contributed by atoms with van der Waals surface area (Å²) in [6.07, 6.45) is 3.43. The first-order valence-electron chi connectivity index (χ1n) is 2.97. The monoisotopic (exact) mass is 141 g/mol. The van der Waals surface area contributed by atoms with Gasteiger partial charge in [-0.25, -0.2) is 9.99 Å². The van der Waals surface area contributed by atoms with Gasteiger partial charge in [0.25, 0.3) is 0 Å². The van der Waals surface area contributed by atoms with Crippen LogP contribution in [-0.2, 0) is 0 Å². The Kier molecular flexibility index (Phi) is 2.24. The number of nitrogens with zero attached hydrogens (tertiary/aromatic N) is 2. The SMILES string of the molecule is CN(C)NNc1ncc[nH]1. The van der Waals surface area contributed by atoms with Crippen LogP contribution in [0.1, 0.15) is 0 Å². The maximum atomic E-state index is 3.93. The zero-order valence-corrected chi connectivity index (χ0v) is 6.05. The second-order valence-corrected chi connectivity index (χ2v) is 2.07. The van der Waals surface area contributed by atoms with E-state index in [9.17, 15) is 0 Å². The van der Waals surface area contributed by atoms with E-state index in [0.29, 0.717) is 5.95 Å². The third-order valence-corrected chi connectivity index (χ3v) is 0.896. The Bertz CT molecular complexity index is 168. The minimum Gasteiger partial charge on any atom is -0.330 e. The number of hydrazine groups is 2. The van der Waals surface area contributed by atoms with Gasteiger partial charge in [0.05, 0.1) is 0 Å². The summed E-state index contributed by atoms with van der Waals surface area (Å²) in [6.45, 7) is 0. The molecule has 1 aromatic rings. The van der Waals surface area contributed by atoms with Gasteiger partial charge in [0.1, 0.15) is 0 Å². The second-order valence-electron chi connectivity index (χ2n) is 2.07. The van der Waals surface area contributed by atoms with Crippen molar-refractivity contribution in [2.45, 2.75) is 0 Å². The van der Waals surface area contributed by atoms with E-state index in [1.165, 1.54) is 0 Å². The lowest BCUT2D eigenvalue weighted by Gasteiger charge is -2.11. The number of H-pyrrole nitrogens is 1. The minimum absolute atomic E-state index is 0.703. The van der Waals surface area contributed by atoms with Gasteiger partial charge >= 0.3 is 0 Å². The quantitative estimate of drug-likeness (QED) is 0.510. The summed E-state index contributed by atoms with van der Waals surface area (Å²) in [7, 11) is 3.77. The molecule has 0 bridgehead atoms. The third kappa shape index (κ3) is 2.04. The number of hydrogen-bond acceptors (Lipinski definition) is 4. The van der Waals surface area contributed by atoms with Gasteiger partial charge in [-0.1, -0.05) is 0 Å². The Morgan fingerprint density at radius 3 is 2.90 bits per heavy atom. The Balaban J connectivity index is 2.28. The Morgan fingerprint density at radius 2 is 2.40 bits per heavy atom. The lowest BCUT2D eigenvalue weighted by atomic mass is 11.0. The average Bonchev–Trinajstić information content (AvgIpc) is 2.34. The highest BCUT2D eigenvalue weighted by Crippen LogP contribution is 1.90. The molecule has 5 nitrogen and oxygen atoms in total. The summed E-state index contributed by atoms with van der Waals surface area (Å²) in [5.74, 6) is 0.703. The fourth-order valence-electron chi connectivity index (χ4n) is 0.498. The van der Waals surface area contributed by atoms with Crippen LogP contribution in [0.3, 0.4) is 0 Å². The maximum Gasteiger partial charge on any atom is 0.215 e. The van der Waals surface area contributed by atoms with Crippen LogP contribution >= 0.6 is 0 Å². The molecule has 0 saturated heterocycles. The fraction of sp³-hybridized carbons (Fsp3) is 0.400. The van der Waals surface area contributed by atoms with E-state index in [0.717, 1.165) is 0 Å². The van der Waals surface area contributed by atoms with Gasteiger partial charge in [0, 0.05) is 26.5 Å². The highest BCUT2D eigenvalue weighted by atomic mass is 15.7. The molecule has 0 amide bonds. The molecule has 0 fully saturated rings. The van der Waals surface area contributed by atoms with Gasteiger partial charge in [-0.15, -0.1) is 0 Å². The molecule has 0 saturated carbocycles. The van der Waals surface area contributed by atoms with E-state index < -0.39 is 0 Å². The fourth-order valence-corrected chi connectivity index (χ4v) is 0.498. The van der Waals surface area contributed by atoms with E-state index >= 15 is 0 Å². The second kappa shape index (κ2) is 3.19. The van der Waals surface area contributed by atoms with E-state index in [2.05, 4.69) is 20.9 Å². The van der Waals surface area contributed by atoms with Gasteiger partial charge < -0.3 is 4.98 Å². The van der Waals surface area contributed by atoms with Crippen molar-refractivity contribution in [3.8, 4) is 0 Å². The number of rotatable bonds is 3. The molecule has 0 atom stereocenters. The summed E-state index contributed by atoms with van der Waals surface area (Å²) < 4.78 is 0. The standard InChI is InChI=1S/C5H11N5/c1-10(2)9-8-5-6-3-4-7-5/h3-4,9H,1-2H3,(H2,6,7,8). The first-order chi connectivity index (χ1) is 4.79. The van der Waals surface area contributed by atoms with E-state index in [1.54, 1.807) is 17.4 Å². The lowest BCUT2D eigenvalue weighted by Crippen LogP contribution is -2.35. The Hall–Kier alpha value is -1.07. The molecule has 10 heavy (non-hydrogen) atoms. The van der Waals surface area contributed by atoms with Crippen LogP contribution in [0.2, 0.25) is 0 Å². The van der Waals surface area contributed by atoms with E-state index in [4.69, 9.17) is 0 Å². The molecular weight excluding hydrogens is 130 g/mol. The number of imidazole rings is 1. The topological polar surface area (TPSA) is 56.0 Å². The zero-order chi connectivity index (χ0) is 7.40. The van der Waals surface area contributed by atoms with Crippen LogP contribution in [0.25, 0.3) is 0 Å². The van der Waals surface area contributed by atoms with Crippen molar-refractivity contribution in [2.75, 3.05) is 19.5 Å². The van der Waals surface area contributed by atoms with Crippen molar-refractivity contribution in [3.05, 3.63) is 12.4 Å². The van der Waals surface area contributed by atoms with Crippen molar-refractivity contribution in [3.63, 3.8) is 0 Å².